The molecule has 0 bridgehead atoms. The van der Waals surface area contributed by atoms with Gasteiger partial charge in [0.25, 0.3) is 10.0 Å². The summed E-state index contributed by atoms with van der Waals surface area (Å²) in [5.41, 5.74) is 0.280. The van der Waals surface area contributed by atoms with Crippen LogP contribution in [0, 0.1) is 5.82 Å². The number of benzene rings is 1. The van der Waals surface area contributed by atoms with Crippen molar-refractivity contribution in [3.8, 4) is 0 Å². The Kier molecular flexibility index (Phi) is 4.71. The standard InChI is InChI=1S/C13H13FN2O3S2/c1-16(21(18,19)13-6-3-7-20-13)9-12(17)15-11-5-2-4-10(14)8-11/h2-8H,9H2,1H3,(H,15,17). The molecule has 5 nitrogen and oxygen atoms in total. The van der Waals surface area contributed by atoms with Crippen LogP contribution >= 0.6 is 11.3 Å². The second kappa shape index (κ2) is 6.33. The average Bonchev–Trinajstić information content (AvgIpc) is 2.92. The maximum absolute atomic E-state index is 13.0. The number of hydrogen-bond donors (Lipinski definition) is 1. The second-order valence-electron chi connectivity index (χ2n) is 4.25. The van der Waals surface area contributed by atoms with Gasteiger partial charge in [-0.1, -0.05) is 12.1 Å². The molecule has 0 radical (unpaired) electrons. The van der Waals surface area contributed by atoms with E-state index >= 15 is 0 Å². The van der Waals surface area contributed by atoms with E-state index in [0.717, 1.165) is 21.7 Å². The van der Waals surface area contributed by atoms with E-state index in [2.05, 4.69) is 5.32 Å². The van der Waals surface area contributed by atoms with Crippen molar-refractivity contribution in [3.63, 3.8) is 0 Å². The number of carbonyl (C=O) groups is 1. The van der Waals surface area contributed by atoms with Crippen molar-refractivity contribution >= 4 is 33.0 Å². The van der Waals surface area contributed by atoms with Crippen molar-refractivity contribution in [3.05, 3.63) is 47.6 Å². The van der Waals surface area contributed by atoms with Gasteiger partial charge in [-0.3, -0.25) is 4.79 Å². The molecule has 0 aliphatic carbocycles. The predicted octanol–water partition coefficient (Wildman–Crippen LogP) is 2.15. The molecular weight excluding hydrogens is 315 g/mol. The molecule has 1 aromatic carbocycles. The first-order valence-corrected chi connectivity index (χ1v) is 8.27. The van der Waals surface area contributed by atoms with E-state index in [4.69, 9.17) is 0 Å². The van der Waals surface area contributed by atoms with Crippen LogP contribution < -0.4 is 5.32 Å². The Balaban J connectivity index is 2.03. The number of halogens is 1. The van der Waals surface area contributed by atoms with Crippen molar-refractivity contribution in [1.82, 2.24) is 4.31 Å². The van der Waals surface area contributed by atoms with Crippen LogP contribution in [0.5, 0.6) is 0 Å². The topological polar surface area (TPSA) is 66.5 Å². The Hall–Kier alpha value is -1.77. The maximum atomic E-state index is 13.0. The maximum Gasteiger partial charge on any atom is 0.252 e. The molecule has 0 saturated carbocycles. The molecule has 1 N–H and O–H groups in total. The molecule has 0 aliphatic heterocycles. The van der Waals surface area contributed by atoms with Crippen LogP contribution in [-0.2, 0) is 14.8 Å². The van der Waals surface area contributed by atoms with Crippen LogP contribution in [0.4, 0.5) is 10.1 Å². The van der Waals surface area contributed by atoms with Gasteiger partial charge in [-0.05, 0) is 29.6 Å². The fourth-order valence-electron chi connectivity index (χ4n) is 1.62. The summed E-state index contributed by atoms with van der Waals surface area (Å²) in [6.45, 7) is -0.350. The van der Waals surface area contributed by atoms with E-state index < -0.39 is 21.7 Å². The van der Waals surface area contributed by atoms with Crippen molar-refractivity contribution in [2.45, 2.75) is 4.21 Å². The first kappa shape index (κ1) is 15.6. The third-order valence-corrected chi connectivity index (χ3v) is 5.81. The van der Waals surface area contributed by atoms with Crippen molar-refractivity contribution in [2.24, 2.45) is 0 Å². The zero-order chi connectivity index (χ0) is 15.5. The number of nitrogens with one attached hydrogen (secondary N) is 1. The number of thiophene rings is 1. The molecule has 2 rings (SSSR count). The van der Waals surface area contributed by atoms with Gasteiger partial charge >= 0.3 is 0 Å². The van der Waals surface area contributed by atoms with Gasteiger partial charge < -0.3 is 5.32 Å². The lowest BCUT2D eigenvalue weighted by Crippen LogP contribution is -2.34. The minimum Gasteiger partial charge on any atom is -0.325 e. The van der Waals surface area contributed by atoms with E-state index in [1.165, 1.54) is 31.3 Å². The van der Waals surface area contributed by atoms with Crippen LogP contribution in [0.1, 0.15) is 0 Å². The SMILES string of the molecule is CN(CC(=O)Nc1cccc(F)c1)S(=O)(=O)c1cccs1. The summed E-state index contributed by atoms with van der Waals surface area (Å²) in [5, 5.41) is 4.10. The first-order chi connectivity index (χ1) is 9.89. The zero-order valence-corrected chi connectivity index (χ0v) is 12.7. The molecule has 2 aromatic rings. The van der Waals surface area contributed by atoms with Crippen molar-refractivity contribution in [2.75, 3.05) is 18.9 Å². The van der Waals surface area contributed by atoms with Gasteiger partial charge in [0.1, 0.15) is 10.0 Å². The van der Waals surface area contributed by atoms with Gasteiger partial charge in [0.05, 0.1) is 6.54 Å². The highest BCUT2D eigenvalue weighted by Gasteiger charge is 2.23. The van der Waals surface area contributed by atoms with E-state index in [9.17, 15) is 17.6 Å². The van der Waals surface area contributed by atoms with Gasteiger partial charge in [-0.15, -0.1) is 11.3 Å². The lowest BCUT2D eigenvalue weighted by Gasteiger charge is -2.15. The Morgan fingerprint density at radius 1 is 1.33 bits per heavy atom. The second-order valence-corrected chi connectivity index (χ2v) is 7.47. The highest BCUT2D eigenvalue weighted by Crippen LogP contribution is 2.19. The Morgan fingerprint density at radius 2 is 2.10 bits per heavy atom. The normalized spacial score (nSPS) is 11.6. The molecule has 0 atom stereocenters. The van der Waals surface area contributed by atoms with Gasteiger partial charge in [0.2, 0.25) is 5.91 Å². The summed E-state index contributed by atoms with van der Waals surface area (Å²) in [6, 6.07) is 8.49. The molecule has 112 valence electrons. The van der Waals surface area contributed by atoms with Gasteiger partial charge in [0.15, 0.2) is 0 Å². The quantitative estimate of drug-likeness (QED) is 0.914. The third kappa shape index (κ3) is 3.87. The summed E-state index contributed by atoms with van der Waals surface area (Å²) < 4.78 is 38.4. The number of amides is 1. The number of nitrogens with zero attached hydrogens (tertiary/aromatic N) is 1. The fraction of sp³-hybridized carbons (Fsp3) is 0.154. The zero-order valence-electron chi connectivity index (χ0n) is 11.1. The van der Waals surface area contributed by atoms with Crippen molar-refractivity contribution < 1.29 is 17.6 Å². The van der Waals surface area contributed by atoms with Gasteiger partial charge in [0, 0.05) is 12.7 Å². The minimum atomic E-state index is -3.67. The average molecular weight is 328 g/mol. The summed E-state index contributed by atoms with van der Waals surface area (Å²) in [7, 11) is -2.35. The number of rotatable bonds is 5. The Bertz CT molecular complexity index is 730. The van der Waals surface area contributed by atoms with Gasteiger partial charge in [-0.2, -0.15) is 4.31 Å². The van der Waals surface area contributed by atoms with Crippen LogP contribution in [0.2, 0.25) is 0 Å². The molecule has 0 spiro atoms. The fourth-order valence-corrected chi connectivity index (χ4v) is 3.95. The highest BCUT2D eigenvalue weighted by atomic mass is 32.2. The third-order valence-electron chi connectivity index (χ3n) is 2.63. The van der Waals surface area contributed by atoms with E-state index in [-0.39, 0.29) is 16.4 Å². The Morgan fingerprint density at radius 3 is 2.71 bits per heavy atom. The van der Waals surface area contributed by atoms with E-state index in [1.54, 1.807) is 11.4 Å². The lowest BCUT2D eigenvalue weighted by molar-refractivity contribution is -0.116. The van der Waals surface area contributed by atoms with Crippen LogP contribution in [0.25, 0.3) is 0 Å². The molecular formula is C13H13FN2O3S2. The molecule has 0 fully saturated rings. The number of carbonyl (C=O) groups excluding carboxylic acids is 1. The molecule has 0 saturated heterocycles. The summed E-state index contributed by atoms with van der Waals surface area (Å²) in [4.78, 5) is 11.8. The van der Waals surface area contributed by atoms with Crippen LogP contribution in [0.3, 0.4) is 0 Å². The molecule has 1 amide bonds. The molecule has 0 aliphatic rings. The molecule has 8 heteroatoms. The number of likely N-dealkylation sites (N-methyl/N-ethyl adjacent to an activating group) is 1. The number of hydrogen-bond acceptors (Lipinski definition) is 4. The predicted molar refractivity (Wildman–Crippen MR) is 79.2 cm³/mol. The Labute approximate surface area is 126 Å². The van der Waals surface area contributed by atoms with Gasteiger partial charge in [-0.25, -0.2) is 12.8 Å². The first-order valence-electron chi connectivity index (χ1n) is 5.95. The van der Waals surface area contributed by atoms with E-state index in [0.29, 0.717) is 0 Å². The molecule has 0 unspecified atom stereocenters. The van der Waals surface area contributed by atoms with E-state index in [1.807, 2.05) is 0 Å². The molecule has 1 aromatic heterocycles. The van der Waals surface area contributed by atoms with Crippen LogP contribution in [0.15, 0.2) is 46.0 Å². The summed E-state index contributed by atoms with van der Waals surface area (Å²) in [6.07, 6.45) is 0. The number of sulfonamides is 1. The van der Waals surface area contributed by atoms with Crippen LogP contribution in [-0.4, -0.2) is 32.2 Å². The molecule has 21 heavy (non-hydrogen) atoms. The summed E-state index contributed by atoms with van der Waals surface area (Å²) in [5.74, 6) is -1.02. The largest absolute Gasteiger partial charge is 0.325 e. The highest BCUT2D eigenvalue weighted by molar-refractivity contribution is 7.91. The monoisotopic (exact) mass is 328 g/mol. The van der Waals surface area contributed by atoms with Crippen molar-refractivity contribution in [1.29, 1.82) is 0 Å². The summed E-state index contributed by atoms with van der Waals surface area (Å²) >= 11 is 1.08. The smallest absolute Gasteiger partial charge is 0.252 e. The lowest BCUT2D eigenvalue weighted by atomic mass is 10.3. The number of anilines is 1. The minimum absolute atomic E-state index is 0.170. The molecule has 1 heterocycles.